The maximum Gasteiger partial charge on any atom is 0.0265 e. The molecule has 0 fully saturated rings. The molecule has 0 radical (unpaired) electrons. The van der Waals surface area contributed by atoms with Crippen LogP contribution in [0.3, 0.4) is 0 Å². The third-order valence-electron chi connectivity index (χ3n) is 1.71. The summed E-state index contributed by atoms with van der Waals surface area (Å²) in [6.07, 6.45) is 0. The highest BCUT2D eigenvalue weighted by Gasteiger charge is 1.93. The Labute approximate surface area is 60.5 Å². The number of nitrogens with one attached hydrogen (secondary N) is 1. The summed E-state index contributed by atoms with van der Waals surface area (Å²) in [5, 5.41) is 10.3. The molecule has 0 saturated heterocycles. The Bertz CT molecular complexity index is 233. The second-order valence-electron chi connectivity index (χ2n) is 2.35. The van der Waals surface area contributed by atoms with E-state index >= 15 is 0 Å². The largest absolute Gasteiger partial charge is 0.761 e. The predicted octanol–water partition coefficient (Wildman–Crippen LogP) is 2.21. The van der Waals surface area contributed by atoms with Crippen LogP contribution < -0.4 is 5.48 Å². The monoisotopic (exact) mass is 136 g/mol. The Morgan fingerprint density at radius 3 is 2.50 bits per heavy atom. The van der Waals surface area contributed by atoms with E-state index in [1.807, 2.05) is 31.5 Å². The van der Waals surface area contributed by atoms with Gasteiger partial charge in [0.1, 0.15) is 0 Å². The van der Waals surface area contributed by atoms with Gasteiger partial charge < -0.3 is 10.7 Å². The molecule has 2 heteroatoms. The SMILES string of the molecule is Cc1cccc(N[O-])c1C. The first-order chi connectivity index (χ1) is 4.75. The van der Waals surface area contributed by atoms with Crippen LogP contribution in [0.1, 0.15) is 11.1 Å². The first kappa shape index (κ1) is 7.09. The van der Waals surface area contributed by atoms with Crippen molar-refractivity contribution in [1.82, 2.24) is 0 Å². The Balaban J connectivity index is 3.14. The van der Waals surface area contributed by atoms with Crippen molar-refractivity contribution in [1.29, 1.82) is 0 Å². The van der Waals surface area contributed by atoms with E-state index in [4.69, 9.17) is 0 Å². The molecular formula is C8H10NO-. The highest BCUT2D eigenvalue weighted by molar-refractivity contribution is 5.53. The molecule has 1 aromatic carbocycles. The molecule has 0 atom stereocenters. The molecule has 0 bridgehead atoms. The Morgan fingerprint density at radius 1 is 1.30 bits per heavy atom. The summed E-state index contributed by atoms with van der Waals surface area (Å²) in [6, 6.07) is 5.62. The van der Waals surface area contributed by atoms with Crippen molar-refractivity contribution in [3.63, 3.8) is 0 Å². The lowest BCUT2D eigenvalue weighted by Crippen LogP contribution is -1.90. The fourth-order valence-corrected chi connectivity index (χ4v) is 0.862. The van der Waals surface area contributed by atoms with Crippen LogP contribution in [-0.2, 0) is 0 Å². The average Bonchev–Trinajstić information content (AvgIpc) is 1.95. The molecule has 0 saturated carbocycles. The molecule has 0 aliphatic rings. The molecule has 0 amide bonds. The van der Waals surface area contributed by atoms with Crippen LogP contribution in [0.15, 0.2) is 18.2 Å². The Morgan fingerprint density at radius 2 is 2.00 bits per heavy atom. The molecule has 0 aliphatic heterocycles. The van der Waals surface area contributed by atoms with Crippen molar-refractivity contribution < 1.29 is 0 Å². The van der Waals surface area contributed by atoms with Crippen LogP contribution in [-0.4, -0.2) is 0 Å². The van der Waals surface area contributed by atoms with Crippen LogP contribution in [0.5, 0.6) is 0 Å². The lowest BCUT2D eigenvalue weighted by atomic mass is 10.1. The zero-order chi connectivity index (χ0) is 7.56. The topological polar surface area (TPSA) is 35.1 Å². The van der Waals surface area contributed by atoms with Crippen LogP contribution in [0.25, 0.3) is 0 Å². The number of hydrogen-bond donors (Lipinski definition) is 1. The number of aryl methyl sites for hydroxylation is 1. The van der Waals surface area contributed by atoms with E-state index in [0.29, 0.717) is 5.69 Å². The van der Waals surface area contributed by atoms with Gasteiger partial charge in [0.15, 0.2) is 0 Å². The number of hydrogen-bond acceptors (Lipinski definition) is 2. The molecule has 0 aromatic heterocycles. The van der Waals surface area contributed by atoms with E-state index in [2.05, 4.69) is 0 Å². The second kappa shape index (κ2) is 2.71. The minimum atomic E-state index is 0.667. The van der Waals surface area contributed by atoms with Crippen molar-refractivity contribution in [2.45, 2.75) is 13.8 Å². The molecule has 0 unspecified atom stereocenters. The number of rotatable bonds is 1. The van der Waals surface area contributed by atoms with Gasteiger partial charge in [0, 0.05) is 5.69 Å². The normalized spacial score (nSPS) is 9.50. The quantitative estimate of drug-likeness (QED) is 0.601. The molecule has 54 valence electrons. The number of benzene rings is 1. The van der Waals surface area contributed by atoms with Crippen LogP contribution in [0, 0.1) is 19.1 Å². The fourth-order valence-electron chi connectivity index (χ4n) is 0.862. The lowest BCUT2D eigenvalue weighted by molar-refractivity contribution is 1.33. The van der Waals surface area contributed by atoms with Crippen LogP contribution >= 0.6 is 0 Å². The highest BCUT2D eigenvalue weighted by atomic mass is 16.5. The Kier molecular flexibility index (Phi) is 1.92. The molecular weight excluding hydrogens is 126 g/mol. The molecule has 0 heterocycles. The van der Waals surface area contributed by atoms with Gasteiger partial charge in [-0.2, -0.15) is 0 Å². The Hall–Kier alpha value is -1.02. The zero-order valence-corrected chi connectivity index (χ0v) is 6.14. The first-order valence-electron chi connectivity index (χ1n) is 3.20. The molecule has 0 aliphatic carbocycles. The minimum absolute atomic E-state index is 0.667. The van der Waals surface area contributed by atoms with E-state index in [0.717, 1.165) is 11.1 Å². The summed E-state index contributed by atoms with van der Waals surface area (Å²) in [5.41, 5.74) is 4.72. The van der Waals surface area contributed by atoms with Gasteiger partial charge in [0.05, 0.1) is 0 Å². The molecule has 1 N–H and O–H groups in total. The summed E-state index contributed by atoms with van der Waals surface area (Å²) >= 11 is 0. The smallest absolute Gasteiger partial charge is 0.0265 e. The molecule has 2 nitrogen and oxygen atoms in total. The van der Waals surface area contributed by atoms with Gasteiger partial charge in [-0.25, -0.2) is 0 Å². The first-order valence-corrected chi connectivity index (χ1v) is 3.20. The lowest BCUT2D eigenvalue weighted by Gasteiger charge is -2.13. The summed E-state index contributed by atoms with van der Waals surface area (Å²) in [7, 11) is 0. The van der Waals surface area contributed by atoms with Gasteiger partial charge in [0.25, 0.3) is 0 Å². The van der Waals surface area contributed by atoms with Gasteiger partial charge in [-0.3, -0.25) is 0 Å². The van der Waals surface area contributed by atoms with Crippen molar-refractivity contribution in [2.75, 3.05) is 5.48 Å². The zero-order valence-electron chi connectivity index (χ0n) is 6.14. The molecule has 1 aromatic rings. The minimum Gasteiger partial charge on any atom is -0.761 e. The average molecular weight is 136 g/mol. The predicted molar refractivity (Wildman–Crippen MR) is 42.9 cm³/mol. The fraction of sp³-hybridized carbons (Fsp3) is 0.250. The van der Waals surface area contributed by atoms with Crippen molar-refractivity contribution in [2.24, 2.45) is 0 Å². The maximum atomic E-state index is 10.3. The molecule has 10 heavy (non-hydrogen) atoms. The summed E-state index contributed by atoms with van der Waals surface area (Å²) in [6.45, 7) is 3.91. The number of anilines is 1. The maximum absolute atomic E-state index is 10.3. The van der Waals surface area contributed by atoms with E-state index in [1.165, 1.54) is 0 Å². The summed E-state index contributed by atoms with van der Waals surface area (Å²) in [5.74, 6) is 0. The second-order valence-corrected chi connectivity index (χ2v) is 2.35. The van der Waals surface area contributed by atoms with E-state index in [-0.39, 0.29) is 0 Å². The van der Waals surface area contributed by atoms with Gasteiger partial charge in [0.2, 0.25) is 0 Å². The summed E-state index contributed by atoms with van der Waals surface area (Å²) in [4.78, 5) is 0. The third kappa shape index (κ3) is 1.11. The van der Waals surface area contributed by atoms with Crippen molar-refractivity contribution >= 4 is 5.69 Å². The van der Waals surface area contributed by atoms with E-state index in [9.17, 15) is 5.21 Å². The standard InChI is InChI=1S/C8H10NO/c1-6-4-3-5-8(9-10)7(6)2/h3-5,9H,1-2H3/q-1. The summed E-state index contributed by atoms with van der Waals surface area (Å²) < 4.78 is 0. The van der Waals surface area contributed by atoms with Gasteiger partial charge >= 0.3 is 0 Å². The van der Waals surface area contributed by atoms with Gasteiger partial charge in [-0.05, 0) is 31.0 Å². The third-order valence-corrected chi connectivity index (χ3v) is 1.71. The van der Waals surface area contributed by atoms with Gasteiger partial charge in [-0.1, -0.05) is 12.1 Å². The van der Waals surface area contributed by atoms with E-state index in [1.54, 1.807) is 6.07 Å². The van der Waals surface area contributed by atoms with Crippen molar-refractivity contribution in [3.8, 4) is 0 Å². The van der Waals surface area contributed by atoms with Crippen LogP contribution in [0.4, 0.5) is 5.69 Å². The van der Waals surface area contributed by atoms with Gasteiger partial charge in [-0.15, -0.1) is 0 Å². The van der Waals surface area contributed by atoms with E-state index < -0.39 is 0 Å². The molecule has 0 spiro atoms. The van der Waals surface area contributed by atoms with Crippen molar-refractivity contribution in [3.05, 3.63) is 34.5 Å². The highest BCUT2D eigenvalue weighted by Crippen LogP contribution is 2.16. The molecule has 1 rings (SSSR count). The van der Waals surface area contributed by atoms with Crippen LogP contribution in [0.2, 0.25) is 0 Å².